The summed E-state index contributed by atoms with van der Waals surface area (Å²) in [5, 5.41) is 3.09. The number of carbonyl (C=O) groups is 2. The van der Waals surface area contributed by atoms with Gasteiger partial charge in [0.1, 0.15) is 0 Å². The minimum absolute atomic E-state index is 0.00755. The summed E-state index contributed by atoms with van der Waals surface area (Å²) in [5.74, 6) is 0.152. The maximum absolute atomic E-state index is 12.5. The van der Waals surface area contributed by atoms with E-state index in [1.807, 2.05) is 49.1 Å². The molecule has 1 saturated heterocycles. The van der Waals surface area contributed by atoms with Crippen LogP contribution < -0.4 is 5.32 Å². The molecule has 2 atom stereocenters. The highest BCUT2D eigenvalue weighted by atomic mass is 16.2. The molecule has 1 aromatic rings. The van der Waals surface area contributed by atoms with Crippen LogP contribution in [0.1, 0.15) is 38.8 Å². The largest absolute Gasteiger partial charge is 0.348 e. The maximum atomic E-state index is 12.5. The van der Waals surface area contributed by atoms with Crippen molar-refractivity contribution in [1.82, 2.24) is 15.1 Å². The van der Waals surface area contributed by atoms with Gasteiger partial charge in [0.25, 0.3) is 0 Å². The van der Waals surface area contributed by atoms with Crippen LogP contribution in [0.15, 0.2) is 30.3 Å². The fraction of sp³-hybridized carbons (Fsp3) is 0.556. The van der Waals surface area contributed by atoms with E-state index in [9.17, 15) is 9.59 Å². The van der Waals surface area contributed by atoms with Gasteiger partial charge in [-0.3, -0.25) is 14.5 Å². The van der Waals surface area contributed by atoms with Gasteiger partial charge < -0.3 is 10.2 Å². The van der Waals surface area contributed by atoms with Crippen molar-refractivity contribution < 1.29 is 9.59 Å². The first-order chi connectivity index (χ1) is 11.0. The Morgan fingerprint density at radius 1 is 1.04 bits per heavy atom. The van der Waals surface area contributed by atoms with Crippen molar-refractivity contribution in [2.24, 2.45) is 0 Å². The minimum atomic E-state index is -0.187. The average Bonchev–Trinajstić information content (AvgIpc) is 2.81. The van der Waals surface area contributed by atoms with Gasteiger partial charge in [0.15, 0.2) is 0 Å². The Morgan fingerprint density at radius 3 is 2.39 bits per heavy atom. The number of benzene rings is 1. The van der Waals surface area contributed by atoms with E-state index >= 15 is 0 Å². The second kappa shape index (κ2) is 8.11. The highest BCUT2D eigenvalue weighted by Crippen LogP contribution is 2.13. The van der Waals surface area contributed by atoms with E-state index in [1.54, 1.807) is 6.92 Å². The quantitative estimate of drug-likeness (QED) is 0.921. The van der Waals surface area contributed by atoms with Crippen LogP contribution in [0.3, 0.4) is 0 Å². The van der Waals surface area contributed by atoms with Gasteiger partial charge in [-0.25, -0.2) is 0 Å². The second-order valence-electron chi connectivity index (χ2n) is 6.21. The average molecular weight is 317 g/mol. The highest BCUT2D eigenvalue weighted by Gasteiger charge is 2.25. The van der Waals surface area contributed by atoms with Crippen LogP contribution in [0.2, 0.25) is 0 Å². The Balaban J connectivity index is 1.90. The minimum Gasteiger partial charge on any atom is -0.348 e. The topological polar surface area (TPSA) is 52.7 Å². The molecule has 0 unspecified atom stereocenters. The van der Waals surface area contributed by atoms with E-state index in [0.717, 1.165) is 31.6 Å². The third kappa shape index (κ3) is 4.79. The van der Waals surface area contributed by atoms with Crippen LogP contribution in [0.5, 0.6) is 0 Å². The molecule has 0 aromatic heterocycles. The van der Waals surface area contributed by atoms with Crippen molar-refractivity contribution in [3.05, 3.63) is 35.9 Å². The fourth-order valence-electron chi connectivity index (χ4n) is 2.96. The van der Waals surface area contributed by atoms with Crippen LogP contribution in [0.4, 0.5) is 0 Å². The predicted octanol–water partition coefficient (Wildman–Crippen LogP) is 1.81. The van der Waals surface area contributed by atoms with Gasteiger partial charge in [0.05, 0.1) is 12.1 Å². The molecule has 0 aliphatic carbocycles. The first-order valence-electron chi connectivity index (χ1n) is 8.34. The molecule has 1 aliphatic heterocycles. The van der Waals surface area contributed by atoms with E-state index in [4.69, 9.17) is 0 Å². The molecule has 2 rings (SSSR count). The molecule has 1 fully saturated rings. The van der Waals surface area contributed by atoms with Crippen molar-refractivity contribution in [1.29, 1.82) is 0 Å². The number of nitrogens with zero attached hydrogens (tertiary/aromatic N) is 2. The van der Waals surface area contributed by atoms with Crippen LogP contribution in [-0.4, -0.2) is 53.8 Å². The van der Waals surface area contributed by atoms with E-state index < -0.39 is 0 Å². The molecule has 5 nitrogen and oxygen atoms in total. The lowest BCUT2D eigenvalue weighted by Gasteiger charge is -2.28. The number of carbonyl (C=O) groups excluding carboxylic acids is 2. The summed E-state index contributed by atoms with van der Waals surface area (Å²) >= 11 is 0. The van der Waals surface area contributed by atoms with Crippen molar-refractivity contribution in [2.75, 3.05) is 26.2 Å². The molecule has 5 heteroatoms. The molecule has 1 aromatic carbocycles. The molecular formula is C18H27N3O2. The van der Waals surface area contributed by atoms with Gasteiger partial charge in [-0.2, -0.15) is 0 Å². The van der Waals surface area contributed by atoms with Crippen LogP contribution in [0, 0.1) is 0 Å². The molecule has 2 amide bonds. The lowest BCUT2D eigenvalue weighted by Crippen LogP contribution is -2.47. The molecule has 0 saturated carbocycles. The van der Waals surface area contributed by atoms with Crippen molar-refractivity contribution in [2.45, 2.75) is 39.3 Å². The molecule has 1 N–H and O–H groups in total. The summed E-state index contributed by atoms with van der Waals surface area (Å²) < 4.78 is 0. The van der Waals surface area contributed by atoms with Crippen LogP contribution >= 0.6 is 0 Å². The first kappa shape index (κ1) is 17.5. The third-order valence-electron chi connectivity index (χ3n) is 4.56. The van der Waals surface area contributed by atoms with Gasteiger partial charge in [-0.05, 0) is 25.8 Å². The Kier molecular flexibility index (Phi) is 6.16. The second-order valence-corrected chi connectivity index (χ2v) is 6.21. The van der Waals surface area contributed by atoms with E-state index in [0.29, 0.717) is 6.54 Å². The molecular weight excluding hydrogens is 290 g/mol. The van der Waals surface area contributed by atoms with Gasteiger partial charge in [-0.1, -0.05) is 30.3 Å². The van der Waals surface area contributed by atoms with Crippen molar-refractivity contribution >= 4 is 11.8 Å². The number of hydrogen-bond acceptors (Lipinski definition) is 3. The summed E-state index contributed by atoms with van der Waals surface area (Å²) in [6.45, 7) is 8.61. The predicted molar refractivity (Wildman–Crippen MR) is 90.9 cm³/mol. The normalized spacial score (nSPS) is 18.8. The number of hydrogen-bond donors (Lipinski definition) is 1. The molecule has 126 valence electrons. The molecule has 1 aliphatic rings. The van der Waals surface area contributed by atoms with Crippen molar-refractivity contribution in [3.63, 3.8) is 0 Å². The first-order valence-corrected chi connectivity index (χ1v) is 8.34. The third-order valence-corrected chi connectivity index (χ3v) is 4.56. The van der Waals surface area contributed by atoms with Crippen molar-refractivity contribution in [3.8, 4) is 0 Å². The Bertz CT molecular complexity index is 532. The van der Waals surface area contributed by atoms with E-state index in [2.05, 4.69) is 10.2 Å². The molecule has 0 bridgehead atoms. The summed E-state index contributed by atoms with van der Waals surface area (Å²) in [7, 11) is 0. The molecule has 23 heavy (non-hydrogen) atoms. The van der Waals surface area contributed by atoms with E-state index in [1.165, 1.54) is 0 Å². The Labute approximate surface area is 138 Å². The fourth-order valence-corrected chi connectivity index (χ4v) is 2.96. The van der Waals surface area contributed by atoms with Gasteiger partial charge >= 0.3 is 0 Å². The van der Waals surface area contributed by atoms with Gasteiger partial charge in [-0.15, -0.1) is 0 Å². The summed E-state index contributed by atoms with van der Waals surface area (Å²) in [6, 6.07) is 9.77. The Morgan fingerprint density at radius 2 is 1.74 bits per heavy atom. The smallest absolute Gasteiger partial charge is 0.237 e. The monoisotopic (exact) mass is 317 g/mol. The van der Waals surface area contributed by atoms with Crippen LogP contribution in [0.25, 0.3) is 0 Å². The summed E-state index contributed by atoms with van der Waals surface area (Å²) in [6.07, 6.45) is 0.908. The summed E-state index contributed by atoms with van der Waals surface area (Å²) in [5.41, 5.74) is 1.10. The van der Waals surface area contributed by atoms with Gasteiger partial charge in [0, 0.05) is 33.1 Å². The molecule has 0 radical (unpaired) electrons. The van der Waals surface area contributed by atoms with Gasteiger partial charge in [0.2, 0.25) is 11.8 Å². The lowest BCUT2D eigenvalue weighted by atomic mass is 10.1. The zero-order valence-corrected chi connectivity index (χ0v) is 14.3. The number of amides is 2. The van der Waals surface area contributed by atoms with Crippen LogP contribution in [-0.2, 0) is 9.59 Å². The standard InChI is InChI=1S/C18H27N3O2/c1-14(17-8-5-4-6-9-17)19-18(23)15(2)20-10-7-11-21(13-12-20)16(3)22/h4-6,8-9,14-15H,7,10-13H2,1-3H3,(H,19,23)/t14-,15+/m0/s1. The zero-order valence-electron chi connectivity index (χ0n) is 14.3. The molecule has 1 heterocycles. The lowest BCUT2D eigenvalue weighted by molar-refractivity contribution is -0.128. The number of rotatable bonds is 4. The SMILES string of the molecule is CC(=O)N1CCCN([C@H](C)C(=O)N[C@@H](C)c2ccccc2)CC1. The van der Waals surface area contributed by atoms with E-state index in [-0.39, 0.29) is 23.9 Å². The maximum Gasteiger partial charge on any atom is 0.237 e. The number of nitrogens with one attached hydrogen (secondary N) is 1. The highest BCUT2D eigenvalue weighted by molar-refractivity contribution is 5.81. The zero-order chi connectivity index (χ0) is 16.8. The summed E-state index contributed by atoms with van der Waals surface area (Å²) in [4.78, 5) is 28.0. The Hall–Kier alpha value is -1.88. The molecule has 0 spiro atoms.